The minimum Gasteiger partial charge on any atom is -0.468 e. The molecule has 0 radical (unpaired) electrons. The molecule has 0 spiro atoms. The van der Waals surface area contributed by atoms with Gasteiger partial charge in [0, 0.05) is 6.54 Å². The van der Waals surface area contributed by atoms with Gasteiger partial charge in [-0.2, -0.15) is 0 Å². The number of nitrogens with zero attached hydrogens (tertiary/aromatic N) is 3. The predicted octanol–water partition coefficient (Wildman–Crippen LogP) is 0.684. The van der Waals surface area contributed by atoms with Crippen molar-refractivity contribution < 1.29 is 9.53 Å². The van der Waals surface area contributed by atoms with Crippen LogP contribution in [0, 0.1) is 0 Å². The zero-order valence-corrected chi connectivity index (χ0v) is 11.0. The fraction of sp³-hybridized carbons (Fsp3) is 0.727. The second-order valence-electron chi connectivity index (χ2n) is 4.95. The second-order valence-corrected chi connectivity index (χ2v) is 4.95. The molecular weight excluding hydrogens is 220 g/mol. The van der Waals surface area contributed by atoms with Crippen LogP contribution in [-0.4, -0.2) is 34.1 Å². The molecule has 17 heavy (non-hydrogen) atoms. The molecule has 1 rings (SSSR count). The quantitative estimate of drug-likeness (QED) is 0.784. The lowest BCUT2D eigenvalue weighted by molar-refractivity contribution is -0.142. The van der Waals surface area contributed by atoms with Gasteiger partial charge >= 0.3 is 5.97 Å². The Hall–Kier alpha value is -1.43. The molecule has 0 unspecified atom stereocenters. The maximum absolute atomic E-state index is 11.2. The minimum absolute atomic E-state index is 0.0841. The summed E-state index contributed by atoms with van der Waals surface area (Å²) in [7, 11) is 1.37. The predicted molar refractivity (Wildman–Crippen MR) is 63.3 cm³/mol. The Morgan fingerprint density at radius 1 is 1.59 bits per heavy atom. The molecule has 0 aliphatic heterocycles. The van der Waals surface area contributed by atoms with Gasteiger partial charge in [-0.15, -0.1) is 5.10 Å². The van der Waals surface area contributed by atoms with Crippen molar-refractivity contribution in [3.8, 4) is 0 Å². The number of nitrogens with one attached hydrogen (secondary N) is 1. The van der Waals surface area contributed by atoms with Crippen LogP contribution in [-0.2, 0) is 21.6 Å². The summed E-state index contributed by atoms with van der Waals surface area (Å²) >= 11 is 0. The zero-order chi connectivity index (χ0) is 13.1. The number of carbonyl (C=O) groups excluding carboxylic acids is 1. The number of methoxy groups -OCH3 is 1. The topological polar surface area (TPSA) is 69.0 Å². The van der Waals surface area contributed by atoms with Gasteiger partial charge in [-0.05, 0) is 27.7 Å². The fourth-order valence-corrected chi connectivity index (χ4v) is 1.23. The molecule has 6 nitrogen and oxygen atoms in total. The normalized spacial score (nSPS) is 13.5. The Labute approximate surface area is 101 Å². The molecule has 96 valence electrons. The number of aromatic nitrogens is 3. The highest BCUT2D eigenvalue weighted by Gasteiger charge is 2.16. The van der Waals surface area contributed by atoms with Crippen LogP contribution in [0.15, 0.2) is 6.20 Å². The van der Waals surface area contributed by atoms with Gasteiger partial charge in [0.05, 0.1) is 24.5 Å². The Morgan fingerprint density at radius 2 is 2.24 bits per heavy atom. The number of esters is 1. The van der Waals surface area contributed by atoms with Gasteiger partial charge in [0.25, 0.3) is 0 Å². The molecule has 0 aliphatic carbocycles. The number of hydrogen-bond acceptors (Lipinski definition) is 5. The van der Waals surface area contributed by atoms with Crippen LogP contribution in [0.25, 0.3) is 0 Å². The first-order valence-electron chi connectivity index (χ1n) is 5.57. The highest BCUT2D eigenvalue weighted by molar-refractivity contribution is 5.74. The van der Waals surface area contributed by atoms with E-state index in [-0.39, 0.29) is 17.6 Å². The van der Waals surface area contributed by atoms with E-state index in [1.807, 2.05) is 6.20 Å². The Bertz CT molecular complexity index is 381. The Balaban J connectivity index is 2.53. The van der Waals surface area contributed by atoms with E-state index in [4.69, 9.17) is 0 Å². The van der Waals surface area contributed by atoms with Gasteiger partial charge in [-0.1, -0.05) is 5.21 Å². The van der Waals surface area contributed by atoms with Crippen molar-refractivity contribution in [2.75, 3.05) is 7.11 Å². The second kappa shape index (κ2) is 5.27. The average molecular weight is 240 g/mol. The molecule has 0 amide bonds. The Kier molecular flexibility index (Phi) is 4.22. The van der Waals surface area contributed by atoms with Gasteiger partial charge in [0.15, 0.2) is 0 Å². The van der Waals surface area contributed by atoms with Crippen molar-refractivity contribution in [1.29, 1.82) is 0 Å². The molecule has 0 fully saturated rings. The average Bonchev–Trinajstić information content (AvgIpc) is 2.72. The molecule has 1 atom stereocenters. The smallest absolute Gasteiger partial charge is 0.322 e. The molecule has 0 saturated carbocycles. The number of carbonyl (C=O) groups is 1. The van der Waals surface area contributed by atoms with Gasteiger partial charge in [0.1, 0.15) is 6.04 Å². The molecule has 0 saturated heterocycles. The van der Waals surface area contributed by atoms with Crippen LogP contribution < -0.4 is 5.32 Å². The number of hydrogen-bond donors (Lipinski definition) is 1. The summed E-state index contributed by atoms with van der Waals surface area (Å²) in [6.45, 7) is 8.40. The molecule has 6 heteroatoms. The molecular formula is C11H20N4O2. The lowest BCUT2D eigenvalue weighted by Crippen LogP contribution is -2.34. The fourth-order valence-electron chi connectivity index (χ4n) is 1.23. The summed E-state index contributed by atoms with van der Waals surface area (Å²) < 4.78 is 6.42. The van der Waals surface area contributed by atoms with Crippen LogP contribution in [0.4, 0.5) is 0 Å². The highest BCUT2D eigenvalue weighted by atomic mass is 16.5. The molecule has 0 bridgehead atoms. The summed E-state index contributed by atoms with van der Waals surface area (Å²) in [6, 6.07) is -0.347. The lowest BCUT2D eigenvalue weighted by atomic mass is 10.1. The van der Waals surface area contributed by atoms with E-state index in [1.54, 1.807) is 11.6 Å². The Morgan fingerprint density at radius 3 is 2.71 bits per heavy atom. The number of ether oxygens (including phenoxy) is 1. The largest absolute Gasteiger partial charge is 0.468 e. The molecule has 1 aromatic rings. The van der Waals surface area contributed by atoms with Crippen molar-refractivity contribution in [1.82, 2.24) is 20.3 Å². The van der Waals surface area contributed by atoms with Crippen molar-refractivity contribution in [3.63, 3.8) is 0 Å². The zero-order valence-electron chi connectivity index (χ0n) is 11.0. The first kappa shape index (κ1) is 13.6. The maximum atomic E-state index is 11.2. The van der Waals surface area contributed by atoms with Crippen LogP contribution in [0.5, 0.6) is 0 Å². The molecule has 1 aromatic heterocycles. The first-order chi connectivity index (χ1) is 7.84. The molecule has 0 aliphatic rings. The lowest BCUT2D eigenvalue weighted by Gasteiger charge is -2.17. The van der Waals surface area contributed by atoms with Crippen LogP contribution in [0.1, 0.15) is 33.4 Å². The minimum atomic E-state index is -0.347. The SMILES string of the molecule is COC(=O)[C@@H](C)NCc1cn(C(C)(C)C)nn1. The third kappa shape index (κ3) is 3.81. The van der Waals surface area contributed by atoms with Crippen molar-refractivity contribution in [2.45, 2.75) is 45.8 Å². The summed E-state index contributed by atoms with van der Waals surface area (Å²) in [5.74, 6) is -0.284. The van der Waals surface area contributed by atoms with Gasteiger partial charge < -0.3 is 4.74 Å². The van der Waals surface area contributed by atoms with E-state index in [0.29, 0.717) is 6.54 Å². The van der Waals surface area contributed by atoms with E-state index in [2.05, 4.69) is 41.1 Å². The third-order valence-corrected chi connectivity index (χ3v) is 2.37. The van der Waals surface area contributed by atoms with Gasteiger partial charge in [-0.25, -0.2) is 4.68 Å². The highest BCUT2D eigenvalue weighted by Crippen LogP contribution is 2.11. The van der Waals surface area contributed by atoms with Crippen LogP contribution in [0.3, 0.4) is 0 Å². The van der Waals surface area contributed by atoms with Crippen molar-refractivity contribution in [3.05, 3.63) is 11.9 Å². The summed E-state index contributed by atoms with van der Waals surface area (Å²) in [5, 5.41) is 11.1. The molecule has 1 heterocycles. The molecule has 1 N–H and O–H groups in total. The van der Waals surface area contributed by atoms with E-state index >= 15 is 0 Å². The first-order valence-corrected chi connectivity index (χ1v) is 5.57. The number of rotatable bonds is 4. The van der Waals surface area contributed by atoms with Crippen LogP contribution in [0.2, 0.25) is 0 Å². The van der Waals surface area contributed by atoms with E-state index in [9.17, 15) is 4.79 Å². The summed E-state index contributed by atoms with van der Waals surface area (Å²) in [6.07, 6.45) is 1.87. The monoisotopic (exact) mass is 240 g/mol. The van der Waals surface area contributed by atoms with E-state index in [1.165, 1.54) is 7.11 Å². The van der Waals surface area contributed by atoms with Gasteiger partial charge in [-0.3, -0.25) is 10.1 Å². The van der Waals surface area contributed by atoms with Gasteiger partial charge in [0.2, 0.25) is 0 Å². The van der Waals surface area contributed by atoms with E-state index in [0.717, 1.165) is 5.69 Å². The third-order valence-electron chi connectivity index (χ3n) is 2.37. The van der Waals surface area contributed by atoms with Crippen LogP contribution >= 0.6 is 0 Å². The molecule has 0 aromatic carbocycles. The van der Waals surface area contributed by atoms with Crippen molar-refractivity contribution >= 4 is 5.97 Å². The van der Waals surface area contributed by atoms with Crippen molar-refractivity contribution in [2.24, 2.45) is 0 Å². The summed E-state index contributed by atoms with van der Waals surface area (Å²) in [5.41, 5.74) is 0.717. The van der Waals surface area contributed by atoms with E-state index < -0.39 is 0 Å². The summed E-state index contributed by atoms with van der Waals surface area (Å²) in [4.78, 5) is 11.2. The maximum Gasteiger partial charge on any atom is 0.322 e. The standard InChI is InChI=1S/C11H20N4O2/c1-8(10(16)17-5)12-6-9-7-15(14-13-9)11(2,3)4/h7-8,12H,6H2,1-5H3/t8-/m1/s1.